The largest absolute Gasteiger partial charge is 0.394 e. The summed E-state index contributed by atoms with van der Waals surface area (Å²) in [5.41, 5.74) is 0. The first kappa shape index (κ1) is 58.7. The van der Waals surface area contributed by atoms with E-state index in [0.717, 1.165) is 38.5 Å². The van der Waals surface area contributed by atoms with Crippen molar-refractivity contribution in [2.75, 3.05) is 13.2 Å². The van der Waals surface area contributed by atoms with Crippen molar-refractivity contribution < 1.29 is 39.8 Å². The van der Waals surface area contributed by atoms with Gasteiger partial charge in [-0.3, -0.25) is 4.79 Å². The lowest BCUT2D eigenvalue weighted by Crippen LogP contribution is -2.60. The van der Waals surface area contributed by atoms with Crippen molar-refractivity contribution in [1.29, 1.82) is 0 Å². The van der Waals surface area contributed by atoms with Gasteiger partial charge in [0.2, 0.25) is 5.91 Å². The number of nitrogens with one attached hydrogen (secondary N) is 1. The number of hydrogen-bond donors (Lipinski definition) is 6. The minimum absolute atomic E-state index is 0.182. The zero-order chi connectivity index (χ0) is 45.1. The van der Waals surface area contributed by atoms with Gasteiger partial charge in [-0.25, -0.2) is 0 Å². The first-order valence-electron chi connectivity index (χ1n) is 26.6. The van der Waals surface area contributed by atoms with Crippen LogP contribution in [0.2, 0.25) is 0 Å². The van der Waals surface area contributed by atoms with Gasteiger partial charge in [0.25, 0.3) is 0 Å². The Labute approximate surface area is 381 Å². The Morgan fingerprint density at radius 3 is 1.35 bits per heavy atom. The van der Waals surface area contributed by atoms with Crippen LogP contribution in [0.4, 0.5) is 0 Å². The molecule has 0 aromatic heterocycles. The second-order valence-corrected chi connectivity index (χ2v) is 18.7. The van der Waals surface area contributed by atoms with Crippen LogP contribution in [-0.4, -0.2) is 87.5 Å². The number of carbonyl (C=O) groups excluding carboxylic acids is 1. The molecule has 366 valence electrons. The number of unbranched alkanes of at least 4 members (excludes halogenated alkanes) is 33. The molecular weight excluding hydrogens is 779 g/mol. The summed E-state index contributed by atoms with van der Waals surface area (Å²) in [5, 5.41) is 54.4. The van der Waals surface area contributed by atoms with E-state index in [1.807, 2.05) is 6.08 Å². The molecule has 9 heteroatoms. The molecule has 1 fully saturated rings. The summed E-state index contributed by atoms with van der Waals surface area (Å²) in [6.07, 6.45) is 46.6. The van der Waals surface area contributed by atoms with E-state index in [1.165, 1.54) is 193 Å². The molecule has 0 spiro atoms. The minimum atomic E-state index is -1.57. The van der Waals surface area contributed by atoms with Crippen LogP contribution in [0.3, 0.4) is 0 Å². The standard InChI is InChI=1S/C53H101NO8/c1-3-5-7-9-11-13-15-17-19-21-23-25-26-28-30-32-34-36-38-40-42-47(56)46(45-61-53-52(60)51(59)50(58)48(44-55)62-53)54-49(57)43-41-39-37-35-33-31-29-27-24-22-20-18-16-14-12-10-8-6-4-2/h32,34,40,42,46-48,50-53,55-56,58-60H,3-31,33,35-39,41,43-45H2,1-2H3,(H,54,57)/b34-32+,42-40+. The van der Waals surface area contributed by atoms with Gasteiger partial charge in [0, 0.05) is 6.42 Å². The molecule has 1 heterocycles. The van der Waals surface area contributed by atoms with Crippen molar-refractivity contribution in [2.45, 2.75) is 294 Å². The van der Waals surface area contributed by atoms with Crippen LogP contribution in [0.1, 0.15) is 251 Å². The first-order valence-corrected chi connectivity index (χ1v) is 26.6. The summed E-state index contributed by atoms with van der Waals surface area (Å²) in [6.45, 7) is 3.79. The molecule has 1 aliphatic rings. The lowest BCUT2D eigenvalue weighted by atomic mass is 9.99. The number of hydrogen-bond acceptors (Lipinski definition) is 8. The highest BCUT2D eigenvalue weighted by atomic mass is 16.7. The molecule has 9 nitrogen and oxygen atoms in total. The second kappa shape index (κ2) is 43.6. The molecule has 1 amide bonds. The Morgan fingerprint density at radius 2 is 0.919 bits per heavy atom. The number of aliphatic hydroxyl groups excluding tert-OH is 5. The second-order valence-electron chi connectivity index (χ2n) is 18.7. The van der Waals surface area contributed by atoms with Crippen molar-refractivity contribution >= 4 is 5.91 Å². The van der Waals surface area contributed by atoms with Gasteiger partial charge in [-0.2, -0.15) is 0 Å². The third-order valence-electron chi connectivity index (χ3n) is 12.8. The average molecular weight is 880 g/mol. The Kier molecular flexibility index (Phi) is 41.2. The van der Waals surface area contributed by atoms with E-state index < -0.39 is 49.5 Å². The van der Waals surface area contributed by atoms with Crippen LogP contribution in [0, 0.1) is 0 Å². The van der Waals surface area contributed by atoms with E-state index in [0.29, 0.717) is 6.42 Å². The molecule has 62 heavy (non-hydrogen) atoms. The van der Waals surface area contributed by atoms with Crippen LogP contribution in [-0.2, 0) is 14.3 Å². The highest BCUT2D eigenvalue weighted by Crippen LogP contribution is 2.23. The van der Waals surface area contributed by atoms with Crippen molar-refractivity contribution in [3.63, 3.8) is 0 Å². The summed E-state index contributed by atoms with van der Waals surface area (Å²) in [5.74, 6) is -0.182. The Morgan fingerprint density at radius 1 is 0.532 bits per heavy atom. The van der Waals surface area contributed by atoms with Gasteiger partial charge in [-0.05, 0) is 32.1 Å². The molecule has 0 aromatic carbocycles. The van der Waals surface area contributed by atoms with E-state index in [-0.39, 0.29) is 12.5 Å². The number of rotatable bonds is 45. The molecule has 7 atom stereocenters. The number of carbonyl (C=O) groups is 1. The lowest BCUT2D eigenvalue weighted by Gasteiger charge is -2.40. The molecule has 0 saturated carbocycles. The van der Waals surface area contributed by atoms with Gasteiger partial charge in [0.05, 0.1) is 25.4 Å². The third kappa shape index (κ3) is 33.2. The van der Waals surface area contributed by atoms with Crippen LogP contribution in [0.15, 0.2) is 24.3 Å². The molecule has 1 saturated heterocycles. The molecule has 0 radical (unpaired) electrons. The molecule has 1 aliphatic heterocycles. The number of allylic oxidation sites excluding steroid dienone is 3. The predicted octanol–water partition coefficient (Wildman–Crippen LogP) is 12.2. The zero-order valence-corrected chi connectivity index (χ0v) is 40.4. The highest BCUT2D eigenvalue weighted by Gasteiger charge is 2.44. The quantitative estimate of drug-likeness (QED) is 0.0262. The average Bonchev–Trinajstić information content (AvgIpc) is 3.27. The first-order chi connectivity index (χ1) is 30.3. The Balaban J connectivity index is 2.30. The molecule has 0 aromatic rings. The van der Waals surface area contributed by atoms with Crippen molar-refractivity contribution in [3.8, 4) is 0 Å². The monoisotopic (exact) mass is 880 g/mol. The van der Waals surface area contributed by atoms with E-state index >= 15 is 0 Å². The summed E-state index contributed by atoms with van der Waals surface area (Å²) in [6, 6.07) is -0.817. The molecular formula is C53H101NO8. The van der Waals surface area contributed by atoms with Gasteiger partial charge < -0.3 is 40.3 Å². The topological polar surface area (TPSA) is 149 Å². The number of amides is 1. The minimum Gasteiger partial charge on any atom is -0.394 e. The summed E-state index contributed by atoms with van der Waals surface area (Å²) in [7, 11) is 0. The van der Waals surface area contributed by atoms with Crippen LogP contribution in [0.5, 0.6) is 0 Å². The number of ether oxygens (including phenoxy) is 2. The maximum atomic E-state index is 13.0. The lowest BCUT2D eigenvalue weighted by molar-refractivity contribution is -0.302. The predicted molar refractivity (Wildman–Crippen MR) is 258 cm³/mol. The maximum absolute atomic E-state index is 13.0. The van der Waals surface area contributed by atoms with Gasteiger partial charge in [-0.1, -0.05) is 237 Å². The fourth-order valence-electron chi connectivity index (χ4n) is 8.53. The summed E-state index contributed by atoms with van der Waals surface area (Å²) >= 11 is 0. The van der Waals surface area contributed by atoms with Gasteiger partial charge in [0.15, 0.2) is 6.29 Å². The van der Waals surface area contributed by atoms with Crippen LogP contribution in [0.25, 0.3) is 0 Å². The highest BCUT2D eigenvalue weighted by molar-refractivity contribution is 5.76. The third-order valence-corrected chi connectivity index (χ3v) is 12.8. The smallest absolute Gasteiger partial charge is 0.220 e. The number of aliphatic hydroxyl groups is 5. The summed E-state index contributed by atoms with van der Waals surface area (Å²) < 4.78 is 11.2. The van der Waals surface area contributed by atoms with Gasteiger partial charge in [0.1, 0.15) is 24.4 Å². The zero-order valence-electron chi connectivity index (χ0n) is 40.4. The normalized spacial score (nSPS) is 20.4. The van der Waals surface area contributed by atoms with Crippen molar-refractivity contribution in [3.05, 3.63) is 24.3 Å². The SMILES string of the molecule is CCCCCCCCCCCCCCCC/C=C/CC/C=C/C(O)C(COC1OC(CO)C(O)C(O)C1O)NC(=O)CCCCCCCCCCCCCCCCCCCCC. The van der Waals surface area contributed by atoms with E-state index in [9.17, 15) is 30.3 Å². The molecule has 7 unspecified atom stereocenters. The Hall–Kier alpha value is -1.33. The fourth-order valence-corrected chi connectivity index (χ4v) is 8.53. The van der Waals surface area contributed by atoms with Gasteiger partial charge >= 0.3 is 0 Å². The van der Waals surface area contributed by atoms with Crippen molar-refractivity contribution in [2.24, 2.45) is 0 Å². The van der Waals surface area contributed by atoms with Gasteiger partial charge in [-0.15, -0.1) is 0 Å². The fraction of sp³-hybridized carbons (Fsp3) is 0.906. The van der Waals surface area contributed by atoms with E-state index in [4.69, 9.17) is 9.47 Å². The van der Waals surface area contributed by atoms with Crippen molar-refractivity contribution in [1.82, 2.24) is 5.32 Å². The Bertz CT molecular complexity index is 1020. The van der Waals surface area contributed by atoms with E-state index in [2.05, 4.69) is 31.3 Å². The molecule has 6 N–H and O–H groups in total. The van der Waals surface area contributed by atoms with Crippen LogP contribution >= 0.6 is 0 Å². The molecule has 0 aliphatic carbocycles. The molecule has 1 rings (SSSR count). The van der Waals surface area contributed by atoms with E-state index in [1.54, 1.807) is 6.08 Å². The van der Waals surface area contributed by atoms with Crippen LogP contribution < -0.4 is 5.32 Å². The maximum Gasteiger partial charge on any atom is 0.220 e. The molecule has 0 bridgehead atoms. The summed E-state index contributed by atoms with van der Waals surface area (Å²) in [4.78, 5) is 13.0.